The van der Waals surface area contributed by atoms with E-state index in [2.05, 4.69) is 112 Å². The molecule has 4 saturated carbocycles. The summed E-state index contributed by atoms with van der Waals surface area (Å²) < 4.78 is 6.59. The van der Waals surface area contributed by atoms with E-state index in [4.69, 9.17) is 0 Å². The van der Waals surface area contributed by atoms with Gasteiger partial charge in [0, 0.05) is 0 Å². The molecule has 7 rings (SSSR count). The van der Waals surface area contributed by atoms with Crippen molar-refractivity contribution < 1.29 is 15.9 Å². The first-order valence-electron chi connectivity index (χ1n) is 15.4. The fraction of sp³-hybridized carbons (Fsp3) is 0.556. The van der Waals surface area contributed by atoms with Crippen molar-refractivity contribution in [3.05, 3.63) is 81.3 Å². The number of hydrogen-bond acceptors (Lipinski definition) is 1. The average Bonchev–Trinajstić information content (AvgIpc) is 3.03. The van der Waals surface area contributed by atoms with E-state index in [1.807, 2.05) is 16.0 Å². The van der Waals surface area contributed by atoms with Crippen LogP contribution in [0.25, 0.3) is 11.1 Å². The topological polar surface area (TPSA) is 12.0 Å². The van der Waals surface area contributed by atoms with Gasteiger partial charge in [-0.15, -0.1) is 0 Å². The van der Waals surface area contributed by atoms with Crippen LogP contribution in [0.15, 0.2) is 81.3 Å². The van der Waals surface area contributed by atoms with Gasteiger partial charge in [-0.3, -0.25) is 0 Å². The molecule has 1 nitrogen and oxygen atoms in total. The molecule has 0 aromatic heterocycles. The molecule has 0 aliphatic heterocycles. The first-order chi connectivity index (χ1) is 18.3. The van der Waals surface area contributed by atoms with E-state index < -0.39 is 27.4 Å². The quantitative estimate of drug-likeness (QED) is 0.329. The van der Waals surface area contributed by atoms with Gasteiger partial charge in [-0.2, -0.15) is 0 Å². The maximum absolute atomic E-state index is 4.65. The van der Waals surface area contributed by atoms with Gasteiger partial charge in [0.25, 0.3) is 0 Å². The molecule has 2 aromatic carbocycles. The summed E-state index contributed by atoms with van der Waals surface area (Å²) in [6.45, 7) is 17.6. The molecule has 209 valence electrons. The minimum absolute atomic E-state index is 0.468. The van der Waals surface area contributed by atoms with Crippen LogP contribution in [0.2, 0.25) is 11.5 Å². The van der Waals surface area contributed by atoms with Crippen LogP contribution in [-0.2, 0) is 15.9 Å². The van der Waals surface area contributed by atoms with Crippen molar-refractivity contribution in [2.24, 2.45) is 22.2 Å². The van der Waals surface area contributed by atoms with E-state index in [1.165, 1.54) is 49.7 Å². The molecule has 4 fully saturated rings. The standard InChI is InChI=1S/C13H22N.C12H10.C9H13.C2H7Ge.Ti/c1-10-4-11(2)6-12(3,5-10)9-13(14,7-10)8-11;1-3-7-11(8-4-1)12-9-5-2-6-10-12;1-6-5-7(2)9(4)8(6)3;1-3-2;/h14H,4-9H2,1-3H3;1-10H;6H,1-4H3;3H,1-2H3;/q-1;;;;+1. The summed E-state index contributed by atoms with van der Waals surface area (Å²) in [7, 11) is 0. The van der Waals surface area contributed by atoms with Gasteiger partial charge in [0.15, 0.2) is 0 Å². The van der Waals surface area contributed by atoms with E-state index in [-0.39, 0.29) is 0 Å². The Kier molecular flexibility index (Phi) is 8.17. The maximum Gasteiger partial charge on any atom is -0.0184 e. The molecule has 0 radical (unpaired) electrons. The summed E-state index contributed by atoms with van der Waals surface area (Å²) in [6.07, 6.45) is 8.83. The Balaban J connectivity index is 0.000000214. The predicted octanol–water partition coefficient (Wildman–Crippen LogP) is 9.85. The zero-order chi connectivity index (χ0) is 28.2. The fourth-order valence-corrected chi connectivity index (χ4v) is 29.8. The number of allylic oxidation sites excluding steroid dienone is 4. The van der Waals surface area contributed by atoms with E-state index in [0.29, 0.717) is 21.8 Å². The molecule has 39 heavy (non-hydrogen) atoms. The van der Waals surface area contributed by atoms with Crippen LogP contribution >= 0.6 is 0 Å². The number of hydrogen-bond donors (Lipinski definition) is 1. The second-order valence-electron chi connectivity index (χ2n) is 15.3. The maximum atomic E-state index is 4.65. The van der Waals surface area contributed by atoms with Gasteiger partial charge in [-0.1, -0.05) is 60.7 Å². The SMILES string of the molecule is CC1=C(C)C(C)[C]([Ti]([NH]C23CC4(C)CC(C)(CC(C)(C4)C2)C3)[GeH]([CH3])[CH3])=C1C.c1ccc(-c2ccccc2)cc1. The second kappa shape index (κ2) is 10.8. The molecule has 3 heteroatoms. The van der Waals surface area contributed by atoms with Gasteiger partial charge >= 0.3 is 178 Å². The summed E-state index contributed by atoms with van der Waals surface area (Å²) in [4.78, 5) is 0. The molecule has 5 aliphatic carbocycles. The van der Waals surface area contributed by atoms with Crippen molar-refractivity contribution in [2.45, 2.75) is 104 Å². The van der Waals surface area contributed by atoms with Gasteiger partial charge in [0.05, 0.1) is 0 Å². The monoisotopic (exact) mass is 620 g/mol. The molecular formula is C36H52GeNTi. The van der Waals surface area contributed by atoms with Crippen LogP contribution in [0.1, 0.15) is 87.0 Å². The molecule has 0 heterocycles. The molecule has 0 amide bonds. The van der Waals surface area contributed by atoms with Gasteiger partial charge in [0.1, 0.15) is 0 Å². The van der Waals surface area contributed by atoms with Crippen LogP contribution in [-0.4, -0.2) is 17.1 Å². The van der Waals surface area contributed by atoms with E-state index in [0.717, 1.165) is 5.92 Å². The molecule has 2 aromatic rings. The Labute approximate surface area is 248 Å². The predicted molar refractivity (Wildman–Crippen MR) is 169 cm³/mol. The van der Waals surface area contributed by atoms with Crippen LogP contribution in [0.3, 0.4) is 0 Å². The molecule has 5 aliphatic rings. The molecule has 1 unspecified atom stereocenters. The van der Waals surface area contributed by atoms with Crippen molar-refractivity contribution in [3.8, 4) is 11.1 Å². The summed E-state index contributed by atoms with van der Waals surface area (Å²) >= 11 is -2.59. The molecular weight excluding hydrogens is 567 g/mol. The zero-order valence-corrected chi connectivity index (χ0v) is 30.2. The Bertz CT molecular complexity index is 1170. The number of nitrogens with one attached hydrogen (secondary N) is 1. The van der Waals surface area contributed by atoms with Crippen LogP contribution in [0.4, 0.5) is 0 Å². The minimum Gasteiger partial charge on any atom is -0.0622 e. The third kappa shape index (κ3) is 5.90. The molecule has 1 N–H and O–H groups in total. The van der Waals surface area contributed by atoms with Crippen LogP contribution in [0, 0.1) is 22.2 Å². The van der Waals surface area contributed by atoms with Crippen molar-refractivity contribution in [2.75, 3.05) is 0 Å². The second-order valence-corrected chi connectivity index (χ2v) is 37.0. The van der Waals surface area contributed by atoms with Gasteiger partial charge in [-0.25, -0.2) is 0 Å². The van der Waals surface area contributed by atoms with Crippen molar-refractivity contribution in [3.63, 3.8) is 0 Å². The van der Waals surface area contributed by atoms with Gasteiger partial charge in [-0.05, 0) is 11.1 Å². The van der Waals surface area contributed by atoms with Crippen LogP contribution < -0.4 is 3.80 Å². The summed E-state index contributed by atoms with van der Waals surface area (Å²) in [5.41, 5.74) is 9.76. The third-order valence-corrected chi connectivity index (χ3v) is 29.8. The van der Waals surface area contributed by atoms with E-state index in [1.54, 1.807) is 16.7 Å². The molecule has 0 spiro atoms. The van der Waals surface area contributed by atoms with Crippen molar-refractivity contribution in [1.82, 2.24) is 3.80 Å². The molecule has 0 saturated heterocycles. The summed E-state index contributed by atoms with van der Waals surface area (Å²) in [6, 6.07) is 20.8. The van der Waals surface area contributed by atoms with Crippen molar-refractivity contribution in [1.29, 1.82) is 0 Å². The first-order valence-corrected chi connectivity index (χ1v) is 27.7. The minimum atomic E-state index is -1.37. The van der Waals surface area contributed by atoms with Crippen molar-refractivity contribution >= 4 is 11.5 Å². The Morgan fingerprint density at radius 1 is 0.667 bits per heavy atom. The Hall–Kier alpha value is -0.863. The third-order valence-electron chi connectivity index (χ3n) is 10.6. The summed E-state index contributed by atoms with van der Waals surface area (Å²) in [5.74, 6) is 6.10. The average molecular weight is 619 g/mol. The van der Waals surface area contributed by atoms with Gasteiger partial charge in [0.2, 0.25) is 0 Å². The zero-order valence-electron chi connectivity index (χ0n) is 26.2. The molecule has 4 bridgehead atoms. The Morgan fingerprint density at radius 2 is 1.08 bits per heavy atom. The number of rotatable bonds is 5. The summed E-state index contributed by atoms with van der Waals surface area (Å²) in [5, 5.41) is 0. The van der Waals surface area contributed by atoms with Crippen LogP contribution in [0.5, 0.6) is 0 Å². The Morgan fingerprint density at radius 3 is 1.41 bits per heavy atom. The fourth-order valence-electron chi connectivity index (χ4n) is 10.3. The number of benzene rings is 2. The normalized spacial score (nSPS) is 35.0. The largest absolute Gasteiger partial charge is 0.0622 e. The van der Waals surface area contributed by atoms with E-state index in [9.17, 15) is 0 Å². The first kappa shape index (κ1) is 29.6. The van der Waals surface area contributed by atoms with Gasteiger partial charge < -0.3 is 0 Å². The molecule has 1 atom stereocenters. The smallest absolute Gasteiger partial charge is 0.0184 e. The van der Waals surface area contributed by atoms with E-state index >= 15 is 0 Å².